The molecular weight excluding hydrogens is 322 g/mol. The van der Waals surface area contributed by atoms with Crippen molar-refractivity contribution >= 4 is 18.1 Å². The van der Waals surface area contributed by atoms with Gasteiger partial charge in [0.2, 0.25) is 5.76 Å². The van der Waals surface area contributed by atoms with Gasteiger partial charge in [0.1, 0.15) is 0 Å². The number of nitrogens with one attached hydrogen (secondary N) is 1. The maximum atomic E-state index is 12.1. The Balaban J connectivity index is 1.68. The standard InChI is InChI=1S/C19H15NO3S/c21-17-16(24)10-11-23-18(17)19(22)20-12-13-6-8-15(9-7-13)14-4-2-1-3-5-14/h1-11,21H,12H2,(H,20,22). The van der Waals surface area contributed by atoms with Crippen LogP contribution >= 0.6 is 12.2 Å². The SMILES string of the molecule is O=C(NCc1ccc(-c2ccccc2)cc1)c1occc(=S)c1O. The van der Waals surface area contributed by atoms with E-state index in [1.54, 1.807) is 0 Å². The molecule has 3 rings (SSSR count). The lowest BCUT2D eigenvalue weighted by Gasteiger charge is -2.07. The van der Waals surface area contributed by atoms with Crippen LogP contribution in [0, 0.1) is 4.51 Å². The van der Waals surface area contributed by atoms with Crippen LogP contribution < -0.4 is 5.32 Å². The Bertz CT molecular complexity index is 902. The number of carbonyl (C=O) groups excluding carboxylic acids is 1. The van der Waals surface area contributed by atoms with Crippen molar-refractivity contribution in [2.24, 2.45) is 0 Å². The minimum absolute atomic E-state index is 0.177. The van der Waals surface area contributed by atoms with Crippen LogP contribution in [0.4, 0.5) is 0 Å². The van der Waals surface area contributed by atoms with E-state index in [1.807, 2.05) is 54.6 Å². The number of hydrogen-bond donors (Lipinski definition) is 2. The third kappa shape index (κ3) is 3.52. The highest BCUT2D eigenvalue weighted by Crippen LogP contribution is 2.20. The van der Waals surface area contributed by atoms with Crippen LogP contribution in [-0.4, -0.2) is 11.0 Å². The molecule has 0 radical (unpaired) electrons. The molecule has 24 heavy (non-hydrogen) atoms. The highest BCUT2D eigenvalue weighted by molar-refractivity contribution is 7.71. The van der Waals surface area contributed by atoms with E-state index in [2.05, 4.69) is 5.32 Å². The number of benzene rings is 2. The number of aromatic hydroxyl groups is 1. The predicted octanol–water partition coefficient (Wildman–Crippen LogP) is 4.31. The van der Waals surface area contributed by atoms with E-state index >= 15 is 0 Å². The molecule has 5 heteroatoms. The summed E-state index contributed by atoms with van der Waals surface area (Å²) in [4.78, 5) is 12.1. The van der Waals surface area contributed by atoms with Gasteiger partial charge in [0.25, 0.3) is 5.91 Å². The molecule has 0 atom stereocenters. The van der Waals surface area contributed by atoms with Crippen LogP contribution in [0.5, 0.6) is 5.75 Å². The Hall–Kier alpha value is -2.92. The molecule has 0 bridgehead atoms. The van der Waals surface area contributed by atoms with Crippen LogP contribution in [0.15, 0.2) is 71.3 Å². The Labute approximate surface area is 144 Å². The van der Waals surface area contributed by atoms with Gasteiger partial charge in [-0.15, -0.1) is 0 Å². The lowest BCUT2D eigenvalue weighted by Crippen LogP contribution is -2.22. The van der Waals surface area contributed by atoms with Crippen molar-refractivity contribution in [3.63, 3.8) is 0 Å². The van der Waals surface area contributed by atoms with Gasteiger partial charge in [0.05, 0.1) is 10.8 Å². The van der Waals surface area contributed by atoms with E-state index < -0.39 is 5.91 Å². The maximum absolute atomic E-state index is 12.1. The number of amides is 1. The topological polar surface area (TPSA) is 62.5 Å². The summed E-state index contributed by atoms with van der Waals surface area (Å²) in [6.45, 7) is 0.324. The Morgan fingerprint density at radius 3 is 2.38 bits per heavy atom. The minimum atomic E-state index is -0.508. The van der Waals surface area contributed by atoms with Crippen LogP contribution in [0.1, 0.15) is 16.1 Å². The second kappa shape index (κ2) is 7.10. The second-order valence-electron chi connectivity index (χ2n) is 5.21. The minimum Gasteiger partial charge on any atom is -0.503 e. The number of carbonyl (C=O) groups is 1. The van der Waals surface area contributed by atoms with Gasteiger partial charge < -0.3 is 14.8 Å². The van der Waals surface area contributed by atoms with Crippen molar-refractivity contribution < 1.29 is 14.3 Å². The zero-order chi connectivity index (χ0) is 16.9. The average molecular weight is 337 g/mol. The summed E-state index contributed by atoms with van der Waals surface area (Å²) in [5.41, 5.74) is 3.19. The fourth-order valence-electron chi connectivity index (χ4n) is 2.28. The van der Waals surface area contributed by atoms with E-state index in [0.717, 1.165) is 16.7 Å². The van der Waals surface area contributed by atoms with Gasteiger partial charge in [-0.2, -0.15) is 0 Å². The van der Waals surface area contributed by atoms with Crippen molar-refractivity contribution in [3.05, 3.63) is 82.8 Å². The summed E-state index contributed by atoms with van der Waals surface area (Å²) in [7, 11) is 0. The average Bonchev–Trinajstić information content (AvgIpc) is 2.63. The molecule has 0 aliphatic heterocycles. The van der Waals surface area contributed by atoms with E-state index in [1.165, 1.54) is 12.3 Å². The van der Waals surface area contributed by atoms with Gasteiger partial charge in [-0.25, -0.2) is 0 Å². The van der Waals surface area contributed by atoms with E-state index in [-0.39, 0.29) is 16.0 Å². The van der Waals surface area contributed by atoms with Gasteiger partial charge >= 0.3 is 0 Å². The molecule has 4 nitrogen and oxygen atoms in total. The molecule has 0 aliphatic rings. The molecule has 0 spiro atoms. The zero-order valence-corrected chi connectivity index (χ0v) is 13.5. The first-order chi connectivity index (χ1) is 11.6. The van der Waals surface area contributed by atoms with Crippen molar-refractivity contribution in [3.8, 4) is 16.9 Å². The molecule has 1 amide bonds. The molecule has 1 heterocycles. The molecule has 2 aromatic carbocycles. The first-order valence-electron chi connectivity index (χ1n) is 7.38. The molecule has 3 aromatic rings. The van der Waals surface area contributed by atoms with Crippen molar-refractivity contribution in [1.82, 2.24) is 5.32 Å². The lowest BCUT2D eigenvalue weighted by molar-refractivity contribution is 0.0916. The molecule has 0 saturated heterocycles. The van der Waals surface area contributed by atoms with Crippen molar-refractivity contribution in [1.29, 1.82) is 0 Å². The molecule has 0 fully saturated rings. The first-order valence-corrected chi connectivity index (χ1v) is 7.79. The quantitative estimate of drug-likeness (QED) is 0.696. The molecule has 0 saturated carbocycles. The lowest BCUT2D eigenvalue weighted by atomic mass is 10.0. The highest BCUT2D eigenvalue weighted by atomic mass is 32.1. The summed E-state index contributed by atoms with van der Waals surface area (Å²) >= 11 is 4.91. The zero-order valence-electron chi connectivity index (χ0n) is 12.7. The Morgan fingerprint density at radius 1 is 1.00 bits per heavy atom. The number of hydrogen-bond acceptors (Lipinski definition) is 4. The molecular formula is C19H15NO3S. The molecule has 1 aromatic heterocycles. The van der Waals surface area contributed by atoms with Gasteiger partial charge in [-0.1, -0.05) is 66.8 Å². The van der Waals surface area contributed by atoms with Gasteiger partial charge in [-0.05, 0) is 22.8 Å². The Morgan fingerprint density at radius 2 is 1.67 bits per heavy atom. The molecule has 0 unspecified atom stereocenters. The summed E-state index contributed by atoms with van der Waals surface area (Å²) in [5.74, 6) is -1.00. The van der Waals surface area contributed by atoms with Gasteiger partial charge in [0, 0.05) is 6.54 Å². The summed E-state index contributed by atoms with van der Waals surface area (Å²) < 4.78 is 5.22. The summed E-state index contributed by atoms with van der Waals surface area (Å²) in [5, 5.41) is 12.5. The van der Waals surface area contributed by atoms with Crippen LogP contribution in [0.25, 0.3) is 11.1 Å². The first kappa shape index (κ1) is 16.0. The van der Waals surface area contributed by atoms with Crippen molar-refractivity contribution in [2.75, 3.05) is 0 Å². The second-order valence-corrected chi connectivity index (χ2v) is 5.65. The van der Waals surface area contributed by atoms with Crippen LogP contribution in [0.2, 0.25) is 0 Å². The van der Waals surface area contributed by atoms with E-state index in [0.29, 0.717) is 6.54 Å². The maximum Gasteiger partial charge on any atom is 0.291 e. The predicted molar refractivity (Wildman–Crippen MR) is 94.3 cm³/mol. The monoisotopic (exact) mass is 337 g/mol. The summed E-state index contributed by atoms with van der Waals surface area (Å²) in [6, 6.07) is 19.4. The largest absolute Gasteiger partial charge is 0.503 e. The molecule has 120 valence electrons. The molecule has 0 aliphatic carbocycles. The Kier molecular flexibility index (Phi) is 4.72. The normalized spacial score (nSPS) is 10.3. The van der Waals surface area contributed by atoms with E-state index in [9.17, 15) is 9.90 Å². The fourth-order valence-corrected chi connectivity index (χ4v) is 2.43. The van der Waals surface area contributed by atoms with Crippen LogP contribution in [0.3, 0.4) is 0 Å². The third-order valence-electron chi connectivity index (χ3n) is 3.57. The van der Waals surface area contributed by atoms with Crippen LogP contribution in [-0.2, 0) is 6.54 Å². The van der Waals surface area contributed by atoms with Crippen molar-refractivity contribution in [2.45, 2.75) is 6.54 Å². The third-order valence-corrected chi connectivity index (χ3v) is 3.90. The highest BCUT2D eigenvalue weighted by Gasteiger charge is 2.14. The number of rotatable bonds is 4. The van der Waals surface area contributed by atoms with E-state index in [4.69, 9.17) is 16.6 Å². The molecule has 2 N–H and O–H groups in total. The summed E-state index contributed by atoms with van der Waals surface area (Å²) in [6.07, 6.45) is 1.28. The fraction of sp³-hybridized carbons (Fsp3) is 0.0526. The van der Waals surface area contributed by atoms with Gasteiger partial charge in [0.15, 0.2) is 5.75 Å². The van der Waals surface area contributed by atoms with Gasteiger partial charge in [-0.3, -0.25) is 4.79 Å². The smallest absolute Gasteiger partial charge is 0.291 e.